The molecule has 0 aliphatic heterocycles. The van der Waals surface area contributed by atoms with Gasteiger partial charge in [-0.1, -0.05) is 58.9 Å². The largest absolute Gasteiger partial charge is 0.307 e. The quantitative estimate of drug-likeness (QED) is 0.735. The van der Waals surface area contributed by atoms with Crippen LogP contribution in [0.2, 0.25) is 0 Å². The van der Waals surface area contributed by atoms with Crippen LogP contribution in [0.3, 0.4) is 0 Å². The first-order valence-electron chi connectivity index (χ1n) is 7.47. The van der Waals surface area contributed by atoms with Crippen LogP contribution in [0.15, 0.2) is 24.3 Å². The van der Waals surface area contributed by atoms with Gasteiger partial charge in [-0.25, -0.2) is 0 Å². The molecule has 0 aliphatic rings. The summed E-state index contributed by atoms with van der Waals surface area (Å²) in [6.07, 6.45) is 3.46. The van der Waals surface area contributed by atoms with Gasteiger partial charge in [-0.3, -0.25) is 0 Å². The molecule has 0 radical (unpaired) electrons. The molecule has 1 aromatic rings. The fourth-order valence-electron chi connectivity index (χ4n) is 2.48. The number of rotatable bonds is 7. The zero-order chi connectivity index (χ0) is 13.5. The minimum Gasteiger partial charge on any atom is -0.307 e. The lowest BCUT2D eigenvalue weighted by atomic mass is 9.96. The smallest absolute Gasteiger partial charge is 0.0320 e. The topological polar surface area (TPSA) is 12.0 Å². The molecule has 18 heavy (non-hydrogen) atoms. The molecule has 1 heteroatoms. The average molecular weight is 247 g/mol. The van der Waals surface area contributed by atoms with Crippen molar-refractivity contribution < 1.29 is 0 Å². The first-order valence-corrected chi connectivity index (χ1v) is 7.47. The van der Waals surface area contributed by atoms with Gasteiger partial charge in [0, 0.05) is 12.1 Å². The van der Waals surface area contributed by atoms with E-state index in [9.17, 15) is 0 Å². The zero-order valence-electron chi connectivity index (χ0n) is 12.7. The summed E-state index contributed by atoms with van der Waals surface area (Å²) in [6, 6.07) is 10.2. The first kappa shape index (κ1) is 15.2. The van der Waals surface area contributed by atoms with Crippen LogP contribution < -0.4 is 5.32 Å². The minimum absolute atomic E-state index is 0.489. The molecule has 1 aromatic carbocycles. The van der Waals surface area contributed by atoms with Crippen LogP contribution in [0.25, 0.3) is 0 Å². The number of aryl methyl sites for hydroxylation is 1. The predicted octanol–water partition coefficient (Wildman–Crippen LogP) is 4.72. The van der Waals surface area contributed by atoms with Crippen LogP contribution in [0.5, 0.6) is 0 Å². The van der Waals surface area contributed by atoms with Gasteiger partial charge in [0.15, 0.2) is 0 Å². The molecular weight excluding hydrogens is 218 g/mol. The predicted molar refractivity (Wildman–Crippen MR) is 80.9 cm³/mol. The van der Waals surface area contributed by atoms with Gasteiger partial charge in [-0.05, 0) is 36.3 Å². The molecule has 1 N–H and O–H groups in total. The Bertz CT molecular complexity index is 326. The second-order valence-electron chi connectivity index (χ2n) is 5.48. The Morgan fingerprint density at radius 1 is 0.944 bits per heavy atom. The van der Waals surface area contributed by atoms with Crippen LogP contribution in [0.1, 0.15) is 64.6 Å². The van der Waals surface area contributed by atoms with Crippen molar-refractivity contribution in [3.05, 3.63) is 35.4 Å². The maximum Gasteiger partial charge on any atom is 0.0320 e. The second-order valence-corrected chi connectivity index (χ2v) is 5.48. The Balaban J connectivity index is 2.75. The molecule has 0 fully saturated rings. The van der Waals surface area contributed by atoms with E-state index < -0.39 is 0 Å². The van der Waals surface area contributed by atoms with Gasteiger partial charge >= 0.3 is 0 Å². The SMILES string of the molecule is CCc1ccc(C(CC)NC(CC)C(C)C)cc1. The molecule has 2 unspecified atom stereocenters. The molecule has 102 valence electrons. The zero-order valence-corrected chi connectivity index (χ0v) is 12.7. The summed E-state index contributed by atoms with van der Waals surface area (Å²) in [7, 11) is 0. The van der Waals surface area contributed by atoms with E-state index >= 15 is 0 Å². The van der Waals surface area contributed by atoms with Crippen molar-refractivity contribution in [2.45, 2.75) is 66.0 Å². The second kappa shape index (κ2) is 7.58. The Labute approximate surface area is 113 Å². The van der Waals surface area contributed by atoms with Crippen molar-refractivity contribution in [3.8, 4) is 0 Å². The molecular formula is C17H29N. The van der Waals surface area contributed by atoms with Crippen LogP contribution >= 0.6 is 0 Å². The van der Waals surface area contributed by atoms with Crippen molar-refractivity contribution in [3.63, 3.8) is 0 Å². The van der Waals surface area contributed by atoms with Gasteiger partial charge < -0.3 is 5.32 Å². The Morgan fingerprint density at radius 2 is 1.56 bits per heavy atom. The third-order valence-corrected chi connectivity index (χ3v) is 3.86. The molecule has 1 nitrogen and oxygen atoms in total. The maximum absolute atomic E-state index is 3.81. The minimum atomic E-state index is 0.489. The standard InChI is InChI=1S/C17H29N/c1-6-14-9-11-15(12-10-14)17(8-3)18-16(7-2)13(4)5/h9-13,16-18H,6-8H2,1-5H3. The lowest BCUT2D eigenvalue weighted by Crippen LogP contribution is -2.36. The normalized spacial score (nSPS) is 14.8. The summed E-state index contributed by atoms with van der Waals surface area (Å²) >= 11 is 0. The van der Waals surface area contributed by atoms with E-state index in [-0.39, 0.29) is 0 Å². The van der Waals surface area contributed by atoms with Gasteiger partial charge in [0.2, 0.25) is 0 Å². The van der Waals surface area contributed by atoms with Crippen LogP contribution in [0.4, 0.5) is 0 Å². The molecule has 1 rings (SSSR count). The summed E-state index contributed by atoms with van der Waals surface area (Å²) in [5.74, 6) is 0.693. The van der Waals surface area contributed by atoms with Crippen molar-refractivity contribution in [1.29, 1.82) is 0 Å². The van der Waals surface area contributed by atoms with Gasteiger partial charge in [0.25, 0.3) is 0 Å². The molecule has 0 spiro atoms. The number of benzene rings is 1. The number of nitrogens with one attached hydrogen (secondary N) is 1. The van der Waals surface area contributed by atoms with Gasteiger partial charge in [0.1, 0.15) is 0 Å². The van der Waals surface area contributed by atoms with E-state index in [1.165, 1.54) is 17.5 Å². The highest BCUT2D eigenvalue weighted by molar-refractivity contribution is 5.25. The van der Waals surface area contributed by atoms with Gasteiger partial charge in [0.05, 0.1) is 0 Å². The molecule has 0 amide bonds. The average Bonchev–Trinajstić information content (AvgIpc) is 2.40. The third kappa shape index (κ3) is 4.13. The lowest BCUT2D eigenvalue weighted by molar-refractivity contribution is 0.340. The van der Waals surface area contributed by atoms with Crippen molar-refractivity contribution in [2.75, 3.05) is 0 Å². The Kier molecular flexibility index (Phi) is 6.42. The summed E-state index contributed by atoms with van der Waals surface area (Å²) in [4.78, 5) is 0. The van der Waals surface area contributed by atoms with Crippen molar-refractivity contribution in [1.82, 2.24) is 5.32 Å². The summed E-state index contributed by atoms with van der Waals surface area (Å²) < 4.78 is 0. The van der Waals surface area contributed by atoms with Gasteiger partial charge in [-0.15, -0.1) is 0 Å². The molecule has 0 saturated carbocycles. The fourth-order valence-corrected chi connectivity index (χ4v) is 2.48. The van der Waals surface area contributed by atoms with Crippen LogP contribution in [-0.4, -0.2) is 6.04 Å². The Morgan fingerprint density at radius 3 is 1.94 bits per heavy atom. The summed E-state index contributed by atoms with van der Waals surface area (Å²) in [5, 5.41) is 3.81. The highest BCUT2D eigenvalue weighted by atomic mass is 15.0. The highest BCUT2D eigenvalue weighted by Crippen LogP contribution is 2.20. The number of hydrogen-bond donors (Lipinski definition) is 1. The van der Waals surface area contributed by atoms with E-state index in [4.69, 9.17) is 0 Å². The molecule has 0 heterocycles. The van der Waals surface area contributed by atoms with E-state index in [0.717, 1.165) is 12.8 Å². The number of hydrogen-bond acceptors (Lipinski definition) is 1. The van der Waals surface area contributed by atoms with Crippen molar-refractivity contribution in [2.24, 2.45) is 5.92 Å². The maximum atomic E-state index is 3.81. The van der Waals surface area contributed by atoms with E-state index in [2.05, 4.69) is 64.2 Å². The monoisotopic (exact) mass is 247 g/mol. The highest BCUT2D eigenvalue weighted by Gasteiger charge is 2.16. The molecule has 0 saturated heterocycles. The molecule has 0 aromatic heterocycles. The molecule has 2 atom stereocenters. The van der Waals surface area contributed by atoms with E-state index in [0.29, 0.717) is 18.0 Å². The summed E-state index contributed by atoms with van der Waals surface area (Å²) in [5.41, 5.74) is 2.85. The fraction of sp³-hybridized carbons (Fsp3) is 0.647. The molecule has 0 bridgehead atoms. The summed E-state index contributed by atoms with van der Waals surface area (Å²) in [6.45, 7) is 11.3. The Hall–Kier alpha value is -0.820. The van der Waals surface area contributed by atoms with Crippen LogP contribution in [0, 0.1) is 5.92 Å². The van der Waals surface area contributed by atoms with Crippen molar-refractivity contribution >= 4 is 0 Å². The third-order valence-electron chi connectivity index (χ3n) is 3.86. The van der Waals surface area contributed by atoms with Crippen LogP contribution in [-0.2, 0) is 6.42 Å². The first-order chi connectivity index (χ1) is 8.62. The van der Waals surface area contributed by atoms with Gasteiger partial charge in [-0.2, -0.15) is 0 Å². The van der Waals surface area contributed by atoms with E-state index in [1.807, 2.05) is 0 Å². The lowest BCUT2D eigenvalue weighted by Gasteiger charge is -2.27. The molecule has 0 aliphatic carbocycles. The van der Waals surface area contributed by atoms with E-state index in [1.54, 1.807) is 0 Å².